The van der Waals surface area contributed by atoms with Crippen LogP contribution in [0.3, 0.4) is 0 Å². The summed E-state index contributed by atoms with van der Waals surface area (Å²) >= 11 is 0. The molecule has 24 heavy (non-hydrogen) atoms. The monoisotopic (exact) mass is 336 g/mol. The number of hydrogen-bond donors (Lipinski definition) is 0. The Hall–Kier alpha value is -2.47. The molecule has 1 rings (SSSR count). The summed E-state index contributed by atoms with van der Waals surface area (Å²) in [6, 6.07) is 3.64. The number of allylic oxidation sites excluding steroid dienone is 2. The molecule has 0 aromatic heterocycles. The molecule has 0 bridgehead atoms. The molecular formula is C18H24O6. The summed E-state index contributed by atoms with van der Waals surface area (Å²) < 4.78 is 26.2. The molecule has 132 valence electrons. The van der Waals surface area contributed by atoms with Gasteiger partial charge in [0, 0.05) is 18.7 Å². The standard InChI is InChI=1S/C18H24O6/c1-5-23-16(19)9-7-6-8-14-10-11-15(24-13-12-20-2)18(22-4)17(14)21-3/h6-11H,5,12-13H2,1-4H3. The largest absolute Gasteiger partial charge is 0.492 e. The molecule has 0 heterocycles. The summed E-state index contributed by atoms with van der Waals surface area (Å²) in [6.45, 7) is 3.00. The maximum atomic E-state index is 11.2. The number of ether oxygens (including phenoxy) is 5. The average Bonchev–Trinajstić information content (AvgIpc) is 2.59. The van der Waals surface area contributed by atoms with E-state index in [1.165, 1.54) is 6.08 Å². The molecular weight excluding hydrogens is 312 g/mol. The predicted molar refractivity (Wildman–Crippen MR) is 91.7 cm³/mol. The van der Waals surface area contributed by atoms with E-state index in [0.717, 1.165) is 5.56 Å². The van der Waals surface area contributed by atoms with Crippen molar-refractivity contribution < 1.29 is 28.5 Å². The van der Waals surface area contributed by atoms with Gasteiger partial charge in [0.1, 0.15) is 6.61 Å². The van der Waals surface area contributed by atoms with Crippen LogP contribution in [-0.4, -0.2) is 47.1 Å². The van der Waals surface area contributed by atoms with Crippen LogP contribution in [0.2, 0.25) is 0 Å². The number of rotatable bonds is 10. The highest BCUT2D eigenvalue weighted by atomic mass is 16.5. The molecule has 1 aromatic rings. The number of methoxy groups -OCH3 is 3. The third kappa shape index (κ3) is 5.96. The van der Waals surface area contributed by atoms with Gasteiger partial charge in [-0.15, -0.1) is 0 Å². The highest BCUT2D eigenvalue weighted by Crippen LogP contribution is 2.40. The topological polar surface area (TPSA) is 63.2 Å². The van der Waals surface area contributed by atoms with E-state index in [-0.39, 0.29) is 5.97 Å². The molecule has 0 aliphatic heterocycles. The van der Waals surface area contributed by atoms with Gasteiger partial charge in [-0.1, -0.05) is 18.2 Å². The van der Waals surface area contributed by atoms with Crippen molar-refractivity contribution >= 4 is 12.0 Å². The van der Waals surface area contributed by atoms with Crippen LogP contribution in [0.25, 0.3) is 6.08 Å². The Morgan fingerprint density at radius 3 is 2.42 bits per heavy atom. The van der Waals surface area contributed by atoms with Gasteiger partial charge in [-0.25, -0.2) is 4.79 Å². The maximum Gasteiger partial charge on any atom is 0.330 e. The molecule has 0 aliphatic carbocycles. The molecule has 0 saturated carbocycles. The first-order valence-corrected chi connectivity index (χ1v) is 7.56. The first-order valence-electron chi connectivity index (χ1n) is 7.56. The summed E-state index contributed by atoms with van der Waals surface area (Å²) in [5, 5.41) is 0. The second kappa shape index (κ2) is 11.1. The van der Waals surface area contributed by atoms with Gasteiger partial charge >= 0.3 is 5.97 Å². The third-order valence-corrected chi connectivity index (χ3v) is 2.97. The van der Waals surface area contributed by atoms with E-state index in [1.54, 1.807) is 52.5 Å². The summed E-state index contributed by atoms with van der Waals surface area (Å²) in [5.74, 6) is 1.25. The number of hydrogen-bond acceptors (Lipinski definition) is 6. The molecule has 0 fully saturated rings. The highest BCUT2D eigenvalue weighted by molar-refractivity contribution is 5.82. The van der Waals surface area contributed by atoms with E-state index in [4.69, 9.17) is 23.7 Å². The van der Waals surface area contributed by atoms with E-state index in [9.17, 15) is 4.79 Å². The fraction of sp³-hybridized carbons (Fsp3) is 0.389. The van der Waals surface area contributed by atoms with Crippen molar-refractivity contribution in [1.29, 1.82) is 0 Å². The van der Waals surface area contributed by atoms with Crippen LogP contribution in [0.15, 0.2) is 30.4 Å². The van der Waals surface area contributed by atoms with Crippen molar-refractivity contribution in [1.82, 2.24) is 0 Å². The second-order valence-electron chi connectivity index (χ2n) is 4.53. The zero-order valence-electron chi connectivity index (χ0n) is 14.5. The molecule has 6 nitrogen and oxygen atoms in total. The molecule has 0 spiro atoms. The zero-order valence-corrected chi connectivity index (χ0v) is 14.5. The van der Waals surface area contributed by atoms with Gasteiger partial charge in [-0.2, -0.15) is 0 Å². The predicted octanol–water partition coefficient (Wildman–Crippen LogP) is 2.86. The fourth-order valence-electron chi connectivity index (χ4n) is 1.93. The van der Waals surface area contributed by atoms with Crippen molar-refractivity contribution in [3.8, 4) is 17.2 Å². The molecule has 0 N–H and O–H groups in total. The lowest BCUT2D eigenvalue weighted by molar-refractivity contribution is -0.137. The van der Waals surface area contributed by atoms with Crippen molar-refractivity contribution in [3.63, 3.8) is 0 Å². The van der Waals surface area contributed by atoms with Gasteiger partial charge < -0.3 is 23.7 Å². The van der Waals surface area contributed by atoms with Crippen LogP contribution in [0.1, 0.15) is 12.5 Å². The SMILES string of the molecule is CCOC(=O)C=CC=Cc1ccc(OCCOC)c(OC)c1OC. The van der Waals surface area contributed by atoms with Crippen LogP contribution in [0, 0.1) is 0 Å². The van der Waals surface area contributed by atoms with Gasteiger partial charge in [0.15, 0.2) is 11.5 Å². The quantitative estimate of drug-likeness (QED) is 0.283. The van der Waals surface area contributed by atoms with Crippen LogP contribution < -0.4 is 14.2 Å². The minimum atomic E-state index is -0.381. The van der Waals surface area contributed by atoms with E-state index < -0.39 is 0 Å². The van der Waals surface area contributed by atoms with E-state index in [2.05, 4.69) is 0 Å². The fourth-order valence-corrected chi connectivity index (χ4v) is 1.93. The van der Waals surface area contributed by atoms with Crippen molar-refractivity contribution in [2.75, 3.05) is 41.2 Å². The number of carbonyl (C=O) groups is 1. The third-order valence-electron chi connectivity index (χ3n) is 2.97. The van der Waals surface area contributed by atoms with Gasteiger partial charge in [-0.3, -0.25) is 0 Å². The van der Waals surface area contributed by atoms with Gasteiger partial charge in [0.2, 0.25) is 5.75 Å². The van der Waals surface area contributed by atoms with Crippen molar-refractivity contribution in [2.24, 2.45) is 0 Å². The van der Waals surface area contributed by atoms with Crippen LogP contribution in [0.5, 0.6) is 17.2 Å². The summed E-state index contributed by atoms with van der Waals surface area (Å²) in [6.07, 6.45) is 6.48. The lowest BCUT2D eigenvalue weighted by Crippen LogP contribution is -2.06. The Morgan fingerprint density at radius 2 is 1.79 bits per heavy atom. The van der Waals surface area contributed by atoms with Crippen molar-refractivity contribution in [3.05, 3.63) is 35.9 Å². The Kier molecular flexibility index (Phi) is 9.07. The number of carbonyl (C=O) groups excluding carboxylic acids is 1. The number of esters is 1. The van der Waals surface area contributed by atoms with Crippen LogP contribution >= 0.6 is 0 Å². The summed E-state index contributed by atoms with van der Waals surface area (Å²) in [7, 11) is 4.72. The normalized spacial score (nSPS) is 11.0. The van der Waals surface area contributed by atoms with E-state index in [0.29, 0.717) is 37.1 Å². The van der Waals surface area contributed by atoms with Crippen LogP contribution in [-0.2, 0) is 14.3 Å². The molecule has 0 amide bonds. The lowest BCUT2D eigenvalue weighted by atomic mass is 10.1. The van der Waals surface area contributed by atoms with Crippen molar-refractivity contribution in [2.45, 2.75) is 6.92 Å². The highest BCUT2D eigenvalue weighted by Gasteiger charge is 2.14. The second-order valence-corrected chi connectivity index (χ2v) is 4.53. The molecule has 0 aliphatic rings. The lowest BCUT2D eigenvalue weighted by Gasteiger charge is -2.15. The Balaban J connectivity index is 2.93. The molecule has 1 aromatic carbocycles. The first kappa shape index (κ1) is 19.6. The molecule has 0 atom stereocenters. The zero-order chi connectivity index (χ0) is 17.8. The Labute approximate surface area is 142 Å². The maximum absolute atomic E-state index is 11.2. The number of benzene rings is 1. The van der Waals surface area contributed by atoms with E-state index >= 15 is 0 Å². The van der Waals surface area contributed by atoms with Gasteiger partial charge in [-0.05, 0) is 19.1 Å². The first-order chi connectivity index (χ1) is 11.7. The molecule has 0 unspecified atom stereocenters. The summed E-state index contributed by atoms with van der Waals surface area (Å²) in [4.78, 5) is 11.2. The molecule has 0 radical (unpaired) electrons. The van der Waals surface area contributed by atoms with Crippen LogP contribution in [0.4, 0.5) is 0 Å². The molecule has 6 heteroatoms. The van der Waals surface area contributed by atoms with Gasteiger partial charge in [0.05, 0.1) is 27.4 Å². The smallest absolute Gasteiger partial charge is 0.330 e. The Bertz CT molecular complexity index is 577. The van der Waals surface area contributed by atoms with Gasteiger partial charge in [0.25, 0.3) is 0 Å². The minimum Gasteiger partial charge on any atom is -0.492 e. The van der Waals surface area contributed by atoms with E-state index in [1.807, 2.05) is 6.07 Å². The minimum absolute atomic E-state index is 0.350. The summed E-state index contributed by atoms with van der Waals surface area (Å²) in [5.41, 5.74) is 0.793. The molecule has 0 saturated heterocycles. The Morgan fingerprint density at radius 1 is 1.04 bits per heavy atom. The average molecular weight is 336 g/mol.